The molecule has 1 aromatic heterocycles. The van der Waals surface area contributed by atoms with E-state index in [1.54, 1.807) is 6.92 Å². The molecule has 22 heavy (non-hydrogen) atoms. The fourth-order valence-corrected chi connectivity index (χ4v) is 2.69. The Labute approximate surface area is 129 Å². The lowest BCUT2D eigenvalue weighted by molar-refractivity contribution is -0.128. The second kappa shape index (κ2) is 6.17. The lowest BCUT2D eigenvalue weighted by Crippen LogP contribution is -2.24. The first-order valence-electron chi connectivity index (χ1n) is 7.45. The highest BCUT2D eigenvalue weighted by Gasteiger charge is 2.34. The molecule has 6 heteroatoms. The molecule has 3 rings (SSSR count). The van der Waals surface area contributed by atoms with Crippen molar-refractivity contribution in [1.29, 1.82) is 0 Å². The van der Waals surface area contributed by atoms with Crippen LogP contribution in [0, 0.1) is 6.92 Å². The summed E-state index contributed by atoms with van der Waals surface area (Å²) in [5.41, 5.74) is 1.06. The van der Waals surface area contributed by atoms with Crippen molar-refractivity contribution in [3.63, 3.8) is 0 Å². The van der Waals surface area contributed by atoms with Crippen molar-refractivity contribution >= 4 is 5.91 Å². The number of aromatic nitrogens is 2. The Balaban J connectivity index is 1.68. The number of benzene rings is 1. The van der Waals surface area contributed by atoms with Gasteiger partial charge in [0.2, 0.25) is 11.8 Å². The molecule has 2 heterocycles. The van der Waals surface area contributed by atoms with Crippen LogP contribution in [-0.2, 0) is 11.3 Å². The molecule has 0 bridgehead atoms. The molecular weight excluding hydrogens is 282 g/mol. The van der Waals surface area contributed by atoms with E-state index in [0.29, 0.717) is 37.8 Å². The number of aryl methyl sites for hydroxylation is 1. The van der Waals surface area contributed by atoms with Crippen molar-refractivity contribution in [3.05, 3.63) is 41.5 Å². The van der Waals surface area contributed by atoms with Gasteiger partial charge in [-0.2, -0.15) is 4.98 Å². The van der Waals surface area contributed by atoms with Crippen LogP contribution in [0.4, 0.5) is 0 Å². The summed E-state index contributed by atoms with van der Waals surface area (Å²) in [4.78, 5) is 18.2. The summed E-state index contributed by atoms with van der Waals surface area (Å²) >= 11 is 0. The first-order valence-corrected chi connectivity index (χ1v) is 7.45. The molecule has 2 aromatic rings. The average molecular weight is 301 g/mol. The normalized spacial score (nSPS) is 18.0. The number of hydrogen-bond donors (Lipinski definition) is 0. The van der Waals surface area contributed by atoms with Crippen molar-refractivity contribution in [2.45, 2.75) is 32.7 Å². The SMILES string of the molecule is CCOc1cccc(CN2CC(c3nc(C)no3)CC2=O)c1. The Hall–Kier alpha value is -2.37. The maximum absolute atomic E-state index is 12.2. The molecule has 0 aliphatic carbocycles. The first kappa shape index (κ1) is 14.6. The fraction of sp³-hybridized carbons (Fsp3) is 0.438. The van der Waals surface area contributed by atoms with Gasteiger partial charge in [0.1, 0.15) is 5.75 Å². The van der Waals surface area contributed by atoms with Gasteiger partial charge in [-0.25, -0.2) is 0 Å². The topological polar surface area (TPSA) is 68.5 Å². The smallest absolute Gasteiger partial charge is 0.232 e. The van der Waals surface area contributed by atoms with Crippen LogP contribution in [0.15, 0.2) is 28.8 Å². The third kappa shape index (κ3) is 3.10. The Morgan fingerprint density at radius 3 is 3.05 bits per heavy atom. The standard InChI is InChI=1S/C16H19N3O3/c1-3-21-14-6-4-5-12(7-14)9-19-10-13(8-15(19)20)16-17-11(2)18-22-16/h4-7,13H,3,8-10H2,1-2H3. The number of amides is 1. The zero-order chi connectivity index (χ0) is 15.5. The van der Waals surface area contributed by atoms with Crippen molar-refractivity contribution in [3.8, 4) is 5.75 Å². The Morgan fingerprint density at radius 2 is 2.32 bits per heavy atom. The predicted octanol–water partition coefficient (Wildman–Crippen LogP) is 2.29. The first-order chi connectivity index (χ1) is 10.7. The fourth-order valence-electron chi connectivity index (χ4n) is 2.69. The summed E-state index contributed by atoms with van der Waals surface area (Å²) in [6.07, 6.45) is 0.423. The zero-order valence-corrected chi connectivity index (χ0v) is 12.8. The highest BCUT2D eigenvalue weighted by molar-refractivity contribution is 5.79. The average Bonchev–Trinajstić information content (AvgIpc) is 3.07. The molecule has 1 unspecified atom stereocenters. The Bertz CT molecular complexity index is 668. The minimum atomic E-state index is -0.0104. The predicted molar refractivity (Wildman–Crippen MR) is 79.4 cm³/mol. The van der Waals surface area contributed by atoms with Gasteiger partial charge in [-0.3, -0.25) is 4.79 Å². The van der Waals surface area contributed by atoms with Gasteiger partial charge in [0.25, 0.3) is 0 Å². The van der Waals surface area contributed by atoms with Crippen LogP contribution in [0.2, 0.25) is 0 Å². The molecule has 1 aliphatic heterocycles. The van der Waals surface area contributed by atoms with Gasteiger partial charge in [0.05, 0.1) is 12.5 Å². The monoisotopic (exact) mass is 301 g/mol. The molecule has 0 radical (unpaired) electrons. The molecule has 0 N–H and O–H groups in total. The van der Waals surface area contributed by atoms with Crippen molar-refractivity contribution in [2.24, 2.45) is 0 Å². The minimum Gasteiger partial charge on any atom is -0.494 e. The molecule has 0 saturated carbocycles. The summed E-state index contributed by atoms with van der Waals surface area (Å²) in [7, 11) is 0. The Morgan fingerprint density at radius 1 is 1.45 bits per heavy atom. The van der Waals surface area contributed by atoms with E-state index in [4.69, 9.17) is 9.26 Å². The van der Waals surface area contributed by atoms with E-state index in [2.05, 4.69) is 10.1 Å². The molecule has 1 fully saturated rings. The summed E-state index contributed by atoms with van der Waals surface area (Å²) in [6.45, 7) is 5.54. The van der Waals surface area contributed by atoms with Gasteiger partial charge >= 0.3 is 0 Å². The number of nitrogens with zero attached hydrogens (tertiary/aromatic N) is 3. The highest BCUT2D eigenvalue weighted by Crippen LogP contribution is 2.28. The Kier molecular flexibility index (Phi) is 4.09. The number of ether oxygens (including phenoxy) is 1. The lowest BCUT2D eigenvalue weighted by Gasteiger charge is -2.16. The number of carbonyl (C=O) groups is 1. The second-order valence-electron chi connectivity index (χ2n) is 5.44. The molecule has 1 saturated heterocycles. The van der Waals surface area contributed by atoms with E-state index in [-0.39, 0.29) is 11.8 Å². The van der Waals surface area contributed by atoms with E-state index in [9.17, 15) is 4.79 Å². The molecular formula is C16H19N3O3. The summed E-state index contributed by atoms with van der Waals surface area (Å²) in [5, 5.41) is 3.79. The van der Waals surface area contributed by atoms with Crippen molar-refractivity contribution < 1.29 is 14.1 Å². The second-order valence-corrected chi connectivity index (χ2v) is 5.44. The van der Waals surface area contributed by atoms with Crippen LogP contribution >= 0.6 is 0 Å². The summed E-state index contributed by atoms with van der Waals surface area (Å²) in [6, 6.07) is 7.84. The van der Waals surface area contributed by atoms with Gasteiger partial charge in [-0.15, -0.1) is 0 Å². The highest BCUT2D eigenvalue weighted by atomic mass is 16.5. The maximum Gasteiger partial charge on any atom is 0.232 e. The van der Waals surface area contributed by atoms with Crippen LogP contribution in [0.25, 0.3) is 0 Å². The van der Waals surface area contributed by atoms with Crippen LogP contribution in [0.5, 0.6) is 5.75 Å². The quantitative estimate of drug-likeness (QED) is 0.847. The molecule has 116 valence electrons. The van der Waals surface area contributed by atoms with E-state index < -0.39 is 0 Å². The van der Waals surface area contributed by atoms with Gasteiger partial charge in [0, 0.05) is 19.5 Å². The van der Waals surface area contributed by atoms with Crippen LogP contribution < -0.4 is 4.74 Å². The maximum atomic E-state index is 12.2. The largest absolute Gasteiger partial charge is 0.494 e. The van der Waals surface area contributed by atoms with Crippen molar-refractivity contribution in [1.82, 2.24) is 15.0 Å². The number of rotatable bonds is 5. The molecule has 6 nitrogen and oxygen atoms in total. The number of hydrogen-bond acceptors (Lipinski definition) is 5. The van der Waals surface area contributed by atoms with Crippen molar-refractivity contribution in [2.75, 3.05) is 13.2 Å². The van der Waals surface area contributed by atoms with Gasteiger partial charge in [-0.05, 0) is 31.5 Å². The number of carbonyl (C=O) groups excluding carboxylic acids is 1. The third-order valence-electron chi connectivity index (χ3n) is 3.69. The van der Waals surface area contributed by atoms with Crippen LogP contribution in [0.1, 0.15) is 36.5 Å². The zero-order valence-electron chi connectivity index (χ0n) is 12.8. The van der Waals surface area contributed by atoms with Gasteiger partial charge in [-0.1, -0.05) is 17.3 Å². The minimum absolute atomic E-state index is 0.0104. The molecule has 0 spiro atoms. The molecule has 1 aliphatic rings. The molecule has 1 atom stereocenters. The third-order valence-corrected chi connectivity index (χ3v) is 3.69. The van der Waals surface area contributed by atoms with E-state index in [1.165, 1.54) is 0 Å². The molecule has 1 amide bonds. The lowest BCUT2D eigenvalue weighted by atomic mass is 10.1. The number of likely N-dealkylation sites (tertiary alicyclic amines) is 1. The van der Waals surface area contributed by atoms with Gasteiger partial charge in [0.15, 0.2) is 5.82 Å². The summed E-state index contributed by atoms with van der Waals surface area (Å²) in [5.74, 6) is 2.09. The van der Waals surface area contributed by atoms with Crippen LogP contribution in [-0.4, -0.2) is 34.1 Å². The van der Waals surface area contributed by atoms with Gasteiger partial charge < -0.3 is 14.2 Å². The summed E-state index contributed by atoms with van der Waals surface area (Å²) < 4.78 is 10.7. The van der Waals surface area contributed by atoms with E-state index >= 15 is 0 Å². The molecule has 1 aromatic carbocycles. The van der Waals surface area contributed by atoms with E-state index in [1.807, 2.05) is 36.1 Å². The van der Waals surface area contributed by atoms with E-state index in [0.717, 1.165) is 11.3 Å². The van der Waals surface area contributed by atoms with Crippen LogP contribution in [0.3, 0.4) is 0 Å².